The zero-order valence-corrected chi connectivity index (χ0v) is 9.08. The molecule has 0 saturated carbocycles. The average molecular weight is 247 g/mol. The lowest BCUT2D eigenvalue weighted by Gasteiger charge is -2.09. The summed E-state index contributed by atoms with van der Waals surface area (Å²) < 4.78 is 2.56. The number of carbonyl (C=O) groups is 1. The summed E-state index contributed by atoms with van der Waals surface area (Å²) in [6, 6.07) is 0. The van der Waals surface area contributed by atoms with Gasteiger partial charge >= 0.3 is 5.97 Å². The van der Waals surface area contributed by atoms with Gasteiger partial charge in [0.1, 0.15) is 0 Å². The number of halogens is 1. The molecule has 0 spiro atoms. The third-order valence-electron chi connectivity index (χ3n) is 1.89. The third kappa shape index (κ3) is 2.30. The normalized spacial score (nSPS) is 12.8. The first-order chi connectivity index (χ1) is 6.02. The minimum absolute atomic E-state index is 0.0284. The Labute approximate surface area is 84.7 Å². The van der Waals surface area contributed by atoms with E-state index in [1.165, 1.54) is 0 Å². The van der Waals surface area contributed by atoms with Crippen molar-refractivity contribution in [2.45, 2.75) is 19.3 Å². The minimum Gasteiger partial charge on any atom is -0.481 e. The van der Waals surface area contributed by atoms with Crippen molar-refractivity contribution in [2.24, 2.45) is 7.05 Å². The van der Waals surface area contributed by atoms with Gasteiger partial charge in [-0.15, -0.1) is 0 Å². The van der Waals surface area contributed by atoms with E-state index in [1.807, 2.05) is 6.92 Å². The van der Waals surface area contributed by atoms with Crippen molar-refractivity contribution in [3.8, 4) is 0 Å². The van der Waals surface area contributed by atoms with Crippen LogP contribution in [0.1, 0.15) is 25.0 Å². The molecule has 0 fully saturated rings. The summed E-state index contributed by atoms with van der Waals surface area (Å²) >= 11 is 3.33. The average Bonchev–Trinajstić information content (AvgIpc) is 2.29. The number of rotatable bonds is 3. The molecular formula is C8H11BrN2O2. The maximum atomic E-state index is 10.5. The molecule has 72 valence electrons. The zero-order chi connectivity index (χ0) is 10.0. The van der Waals surface area contributed by atoms with Crippen LogP contribution in [-0.4, -0.2) is 20.9 Å². The quantitative estimate of drug-likeness (QED) is 0.885. The summed E-state index contributed by atoms with van der Waals surface area (Å²) in [5.74, 6) is -0.819. The molecule has 4 nitrogen and oxygen atoms in total. The van der Waals surface area contributed by atoms with Gasteiger partial charge in [0, 0.05) is 13.0 Å². The molecule has 0 bridgehead atoms. The molecule has 5 heteroatoms. The molecule has 1 unspecified atom stereocenters. The van der Waals surface area contributed by atoms with Crippen LogP contribution in [0.3, 0.4) is 0 Å². The van der Waals surface area contributed by atoms with Gasteiger partial charge in [-0.3, -0.25) is 9.48 Å². The second-order valence-electron chi connectivity index (χ2n) is 3.00. The Morgan fingerprint density at radius 1 is 1.85 bits per heavy atom. The maximum Gasteiger partial charge on any atom is 0.304 e. The first-order valence-corrected chi connectivity index (χ1v) is 4.71. The predicted molar refractivity (Wildman–Crippen MR) is 51.6 cm³/mol. The molecule has 1 rings (SSSR count). The van der Waals surface area contributed by atoms with Crippen LogP contribution in [0.4, 0.5) is 0 Å². The molecule has 0 aromatic carbocycles. The highest BCUT2D eigenvalue weighted by molar-refractivity contribution is 9.10. The molecule has 1 atom stereocenters. The van der Waals surface area contributed by atoms with Gasteiger partial charge in [-0.25, -0.2) is 0 Å². The molecule has 0 radical (unpaired) electrons. The van der Waals surface area contributed by atoms with Crippen LogP contribution in [0.15, 0.2) is 10.7 Å². The van der Waals surface area contributed by atoms with Crippen LogP contribution in [0.2, 0.25) is 0 Å². The van der Waals surface area contributed by atoms with E-state index in [0.717, 1.165) is 10.2 Å². The van der Waals surface area contributed by atoms with Gasteiger partial charge in [-0.2, -0.15) is 5.10 Å². The number of hydrogen-bond acceptors (Lipinski definition) is 2. The van der Waals surface area contributed by atoms with Gasteiger partial charge in [-0.05, 0) is 15.9 Å². The van der Waals surface area contributed by atoms with E-state index in [2.05, 4.69) is 21.0 Å². The summed E-state index contributed by atoms with van der Waals surface area (Å²) in [6.07, 6.45) is 1.80. The van der Waals surface area contributed by atoms with E-state index in [9.17, 15) is 4.79 Å². The number of nitrogens with zero attached hydrogens (tertiary/aromatic N) is 2. The Morgan fingerprint density at radius 2 is 2.46 bits per heavy atom. The van der Waals surface area contributed by atoms with Crippen LogP contribution < -0.4 is 0 Å². The standard InChI is InChI=1S/C8H11BrN2O2/c1-5(3-7(12)13)8-6(9)4-10-11(8)2/h4-5H,3H2,1-2H3,(H,12,13). The van der Waals surface area contributed by atoms with Crippen LogP contribution in [0, 0.1) is 0 Å². The van der Waals surface area contributed by atoms with E-state index >= 15 is 0 Å². The Kier molecular flexibility index (Phi) is 3.08. The second kappa shape index (κ2) is 3.91. The SMILES string of the molecule is CC(CC(=O)O)c1c(Br)cnn1C. The second-order valence-corrected chi connectivity index (χ2v) is 3.85. The monoisotopic (exact) mass is 246 g/mol. The summed E-state index contributed by atoms with van der Waals surface area (Å²) in [6.45, 7) is 1.87. The molecule has 1 N–H and O–H groups in total. The van der Waals surface area contributed by atoms with Crippen LogP contribution in [-0.2, 0) is 11.8 Å². The van der Waals surface area contributed by atoms with Crippen molar-refractivity contribution in [1.82, 2.24) is 9.78 Å². The Balaban J connectivity index is 2.87. The predicted octanol–water partition coefficient (Wildman–Crippen LogP) is 1.76. The fourth-order valence-corrected chi connectivity index (χ4v) is 2.07. The van der Waals surface area contributed by atoms with Crippen molar-refractivity contribution in [2.75, 3.05) is 0 Å². The number of aromatic nitrogens is 2. The van der Waals surface area contributed by atoms with Gasteiger partial charge in [0.25, 0.3) is 0 Å². The van der Waals surface area contributed by atoms with E-state index in [1.54, 1.807) is 17.9 Å². The van der Waals surface area contributed by atoms with E-state index in [-0.39, 0.29) is 12.3 Å². The highest BCUT2D eigenvalue weighted by Crippen LogP contribution is 2.26. The summed E-state index contributed by atoms with van der Waals surface area (Å²) in [5, 5.41) is 12.6. The van der Waals surface area contributed by atoms with Crippen molar-refractivity contribution in [1.29, 1.82) is 0 Å². The lowest BCUT2D eigenvalue weighted by molar-refractivity contribution is -0.137. The maximum absolute atomic E-state index is 10.5. The first kappa shape index (κ1) is 10.2. The van der Waals surface area contributed by atoms with Gasteiger partial charge in [0.15, 0.2) is 0 Å². The topological polar surface area (TPSA) is 55.1 Å². The van der Waals surface area contributed by atoms with E-state index in [4.69, 9.17) is 5.11 Å². The number of carboxylic acid groups (broad SMARTS) is 1. The van der Waals surface area contributed by atoms with Crippen LogP contribution in [0.25, 0.3) is 0 Å². The lowest BCUT2D eigenvalue weighted by atomic mass is 10.0. The molecule has 0 amide bonds. The fourth-order valence-electron chi connectivity index (χ4n) is 1.33. The summed E-state index contributed by atoms with van der Waals surface area (Å²) in [7, 11) is 1.80. The van der Waals surface area contributed by atoms with Gasteiger partial charge in [0.05, 0.1) is 22.8 Å². The molecule has 1 aromatic rings. The largest absolute Gasteiger partial charge is 0.481 e. The Morgan fingerprint density at radius 3 is 2.85 bits per heavy atom. The van der Waals surface area contributed by atoms with Crippen LogP contribution in [0.5, 0.6) is 0 Å². The van der Waals surface area contributed by atoms with Crippen molar-refractivity contribution in [3.05, 3.63) is 16.4 Å². The highest BCUT2D eigenvalue weighted by atomic mass is 79.9. The van der Waals surface area contributed by atoms with E-state index < -0.39 is 5.97 Å². The summed E-state index contributed by atoms with van der Waals surface area (Å²) in [5.41, 5.74) is 0.919. The summed E-state index contributed by atoms with van der Waals surface area (Å²) in [4.78, 5) is 10.5. The van der Waals surface area contributed by atoms with Crippen molar-refractivity contribution < 1.29 is 9.90 Å². The van der Waals surface area contributed by atoms with Crippen LogP contribution >= 0.6 is 15.9 Å². The van der Waals surface area contributed by atoms with Gasteiger partial charge in [0.2, 0.25) is 0 Å². The number of aliphatic carboxylic acids is 1. The number of hydrogen-bond donors (Lipinski definition) is 1. The van der Waals surface area contributed by atoms with E-state index in [0.29, 0.717) is 0 Å². The highest BCUT2D eigenvalue weighted by Gasteiger charge is 2.16. The van der Waals surface area contributed by atoms with Gasteiger partial charge in [-0.1, -0.05) is 6.92 Å². The smallest absolute Gasteiger partial charge is 0.304 e. The molecule has 0 aliphatic carbocycles. The van der Waals surface area contributed by atoms with Crippen molar-refractivity contribution >= 4 is 21.9 Å². The fraction of sp³-hybridized carbons (Fsp3) is 0.500. The Bertz CT molecular complexity index is 302. The molecule has 1 aromatic heterocycles. The minimum atomic E-state index is -0.791. The number of carboxylic acids is 1. The molecule has 0 saturated heterocycles. The molecular weight excluding hydrogens is 236 g/mol. The molecule has 13 heavy (non-hydrogen) atoms. The van der Waals surface area contributed by atoms with Crippen molar-refractivity contribution in [3.63, 3.8) is 0 Å². The lowest BCUT2D eigenvalue weighted by Crippen LogP contribution is -2.08. The molecule has 0 aliphatic heterocycles. The third-order valence-corrected chi connectivity index (χ3v) is 2.50. The van der Waals surface area contributed by atoms with Gasteiger partial charge < -0.3 is 5.11 Å². The first-order valence-electron chi connectivity index (χ1n) is 3.91. The Hall–Kier alpha value is -0.840. The zero-order valence-electron chi connectivity index (χ0n) is 7.49. The number of aryl methyl sites for hydroxylation is 1. The molecule has 1 heterocycles. The molecule has 0 aliphatic rings.